The van der Waals surface area contributed by atoms with Gasteiger partial charge in [-0.05, 0) is 0 Å². The van der Waals surface area contributed by atoms with Crippen molar-refractivity contribution in [2.24, 2.45) is 0 Å². The van der Waals surface area contributed by atoms with Gasteiger partial charge in [-0.25, -0.2) is 0 Å². The summed E-state index contributed by atoms with van der Waals surface area (Å²) in [6.45, 7) is -2.32. The minimum Gasteiger partial charge on any atom is -0.394 e. The largest absolute Gasteiger partial charge is 0.394 e. The smallest absolute Gasteiger partial charge is 0.187 e. The first-order chi connectivity index (χ1) is 16.0. The maximum atomic E-state index is 10.6. The molecule has 3 heterocycles. The van der Waals surface area contributed by atoms with Crippen LogP contribution >= 0.6 is 0 Å². The molecule has 0 aromatic heterocycles. The second kappa shape index (κ2) is 11.6. The van der Waals surface area contributed by atoms with E-state index in [0.717, 1.165) is 0 Å². The van der Waals surface area contributed by atoms with Crippen LogP contribution in [-0.2, 0) is 23.7 Å². The Morgan fingerprint density at radius 1 is 0.441 bits per heavy atom. The third-order valence-corrected chi connectivity index (χ3v) is 6.09. The summed E-state index contributed by atoms with van der Waals surface area (Å²) in [5, 5.41) is 109. The first-order valence-corrected chi connectivity index (χ1v) is 10.6. The van der Waals surface area contributed by atoms with Crippen LogP contribution in [0.25, 0.3) is 0 Å². The van der Waals surface area contributed by atoms with Gasteiger partial charge in [-0.15, -0.1) is 0 Å². The lowest BCUT2D eigenvalue weighted by Crippen LogP contribution is -2.66. The maximum Gasteiger partial charge on any atom is 0.187 e. The maximum absolute atomic E-state index is 10.6. The highest BCUT2D eigenvalue weighted by Gasteiger charge is 2.53. The lowest BCUT2D eigenvalue weighted by atomic mass is 9.96. The molecule has 16 heteroatoms. The van der Waals surface area contributed by atoms with Crippen LogP contribution in [-0.4, -0.2) is 168 Å². The van der Waals surface area contributed by atoms with Crippen molar-refractivity contribution in [2.75, 3.05) is 19.8 Å². The average molecular weight is 504 g/mol. The highest BCUT2D eigenvalue weighted by Crippen LogP contribution is 2.32. The molecule has 0 amide bonds. The van der Waals surface area contributed by atoms with Gasteiger partial charge in [0.2, 0.25) is 0 Å². The van der Waals surface area contributed by atoms with Crippen molar-refractivity contribution in [2.45, 2.75) is 92.1 Å². The molecule has 3 aliphatic heterocycles. The zero-order valence-corrected chi connectivity index (χ0v) is 17.7. The van der Waals surface area contributed by atoms with Crippen molar-refractivity contribution in [3.05, 3.63) is 0 Å². The highest BCUT2D eigenvalue weighted by atomic mass is 16.8. The summed E-state index contributed by atoms with van der Waals surface area (Å²) < 4.78 is 26.4. The van der Waals surface area contributed by atoms with Crippen LogP contribution < -0.4 is 0 Å². The lowest BCUT2D eigenvalue weighted by molar-refractivity contribution is -0.377. The fraction of sp³-hybridized carbons (Fsp3) is 1.00. The summed E-state index contributed by atoms with van der Waals surface area (Å²) in [4.78, 5) is 0. The molecule has 200 valence electrons. The van der Waals surface area contributed by atoms with Crippen LogP contribution in [0, 0.1) is 0 Å². The monoisotopic (exact) mass is 504 g/mol. The van der Waals surface area contributed by atoms with Crippen molar-refractivity contribution in [3.8, 4) is 0 Å². The number of aliphatic hydroxyl groups excluding tert-OH is 11. The molecule has 0 spiro atoms. The molecule has 0 radical (unpaired) electrons. The number of hydrogen-bond acceptors (Lipinski definition) is 16. The van der Waals surface area contributed by atoms with E-state index in [1.165, 1.54) is 0 Å². The van der Waals surface area contributed by atoms with Crippen molar-refractivity contribution in [3.63, 3.8) is 0 Å². The Bertz CT molecular complexity index is 635. The Balaban J connectivity index is 1.72. The van der Waals surface area contributed by atoms with Crippen molar-refractivity contribution in [1.29, 1.82) is 0 Å². The molecule has 15 atom stereocenters. The number of hydrogen-bond donors (Lipinski definition) is 11. The number of rotatable bonds is 7. The second-order valence-corrected chi connectivity index (χ2v) is 8.33. The van der Waals surface area contributed by atoms with E-state index in [4.69, 9.17) is 23.7 Å². The normalized spacial score (nSPS) is 52.5. The van der Waals surface area contributed by atoms with Gasteiger partial charge in [0.25, 0.3) is 0 Å². The summed E-state index contributed by atoms with van der Waals surface area (Å²) in [5.41, 5.74) is 0. The van der Waals surface area contributed by atoms with E-state index in [1.54, 1.807) is 0 Å². The molecule has 1 unspecified atom stereocenters. The zero-order chi connectivity index (χ0) is 25.3. The van der Waals surface area contributed by atoms with Crippen molar-refractivity contribution < 1.29 is 79.9 Å². The Morgan fingerprint density at radius 3 is 1.35 bits per heavy atom. The van der Waals surface area contributed by atoms with Gasteiger partial charge >= 0.3 is 0 Å². The Labute approximate surface area is 192 Å². The Morgan fingerprint density at radius 2 is 0.853 bits per heavy atom. The molecule has 3 aliphatic rings. The van der Waals surface area contributed by atoms with Gasteiger partial charge < -0.3 is 79.9 Å². The van der Waals surface area contributed by atoms with E-state index in [2.05, 4.69) is 0 Å². The molecule has 0 bridgehead atoms. The van der Waals surface area contributed by atoms with E-state index in [1.807, 2.05) is 0 Å². The van der Waals surface area contributed by atoms with E-state index in [9.17, 15) is 56.2 Å². The quantitative estimate of drug-likeness (QED) is 0.154. The standard InChI is InChI=1S/C18H32O16/c19-1-4-7(22)8(23)12(27)17(31-4)34-15-6(3-21)32-18(13(28)10(15)25)33-14-5(2-20)30-16(29)11(26)9(14)24/h4-29H,1-3H2/t4-,5-,6-,7-,8+,9-,10-,11+,12+,13+,14-,15-,16?,17+,18+/m1/s1. The average Bonchev–Trinajstić information content (AvgIpc) is 2.83. The summed E-state index contributed by atoms with van der Waals surface area (Å²) in [7, 11) is 0. The zero-order valence-electron chi connectivity index (χ0n) is 17.7. The van der Waals surface area contributed by atoms with E-state index < -0.39 is 112 Å². The summed E-state index contributed by atoms with van der Waals surface area (Å²) in [6, 6.07) is 0. The molecular weight excluding hydrogens is 472 g/mol. The van der Waals surface area contributed by atoms with Gasteiger partial charge in [0, 0.05) is 0 Å². The summed E-state index contributed by atoms with van der Waals surface area (Å²) in [5.74, 6) is 0. The first kappa shape index (κ1) is 27.9. The minimum atomic E-state index is -1.91. The van der Waals surface area contributed by atoms with Gasteiger partial charge in [-0.1, -0.05) is 0 Å². The molecule has 0 aliphatic carbocycles. The van der Waals surface area contributed by atoms with Gasteiger partial charge in [0.1, 0.15) is 73.2 Å². The summed E-state index contributed by atoms with van der Waals surface area (Å²) >= 11 is 0. The Hall–Kier alpha value is -0.640. The lowest BCUT2D eigenvalue weighted by Gasteiger charge is -2.47. The predicted octanol–water partition coefficient (Wildman–Crippen LogP) is -7.57. The Kier molecular flexibility index (Phi) is 9.54. The topological polar surface area (TPSA) is 269 Å². The van der Waals surface area contributed by atoms with Crippen LogP contribution in [0.1, 0.15) is 0 Å². The van der Waals surface area contributed by atoms with Crippen LogP contribution in [0.3, 0.4) is 0 Å². The van der Waals surface area contributed by atoms with Crippen LogP contribution in [0.2, 0.25) is 0 Å². The highest BCUT2D eigenvalue weighted by molar-refractivity contribution is 4.96. The van der Waals surface area contributed by atoms with Gasteiger partial charge in [0.15, 0.2) is 18.9 Å². The molecule has 3 saturated heterocycles. The van der Waals surface area contributed by atoms with Crippen molar-refractivity contribution >= 4 is 0 Å². The second-order valence-electron chi connectivity index (χ2n) is 8.33. The molecule has 16 nitrogen and oxygen atoms in total. The molecule has 34 heavy (non-hydrogen) atoms. The fourth-order valence-electron chi connectivity index (χ4n) is 4.06. The van der Waals surface area contributed by atoms with Crippen molar-refractivity contribution in [1.82, 2.24) is 0 Å². The van der Waals surface area contributed by atoms with Gasteiger partial charge in [0.05, 0.1) is 19.8 Å². The van der Waals surface area contributed by atoms with Crippen LogP contribution in [0.15, 0.2) is 0 Å². The molecule has 0 aromatic rings. The van der Waals surface area contributed by atoms with Gasteiger partial charge in [-0.3, -0.25) is 0 Å². The van der Waals surface area contributed by atoms with E-state index in [-0.39, 0.29) is 0 Å². The van der Waals surface area contributed by atoms with Gasteiger partial charge in [-0.2, -0.15) is 0 Å². The molecule has 0 aromatic carbocycles. The summed E-state index contributed by atoms with van der Waals surface area (Å²) in [6.07, 6.45) is -25.1. The molecule has 3 rings (SSSR count). The minimum absolute atomic E-state index is 0.741. The van der Waals surface area contributed by atoms with E-state index >= 15 is 0 Å². The molecular formula is C18H32O16. The first-order valence-electron chi connectivity index (χ1n) is 10.6. The third-order valence-electron chi connectivity index (χ3n) is 6.09. The molecule has 3 fully saturated rings. The van der Waals surface area contributed by atoms with Crippen LogP contribution in [0.4, 0.5) is 0 Å². The van der Waals surface area contributed by atoms with Crippen LogP contribution in [0.5, 0.6) is 0 Å². The predicted molar refractivity (Wildman–Crippen MR) is 101 cm³/mol. The molecule has 0 saturated carbocycles. The van der Waals surface area contributed by atoms with E-state index in [0.29, 0.717) is 0 Å². The SMILES string of the molecule is OC[C@H]1O[C@@H](O[C@H]2[C@H](O)[C@H](O)[C@H](O[C@H]3[C@H](O)[C@H](O)C(O)O[C@@H]3CO)O[C@@H]2CO)[C@@H](O)[C@@H](O)[C@@H]1O. The number of ether oxygens (including phenoxy) is 5. The third kappa shape index (κ3) is 5.37. The number of aliphatic hydroxyl groups is 11. The molecule has 11 N–H and O–H groups in total. The fourth-order valence-corrected chi connectivity index (χ4v) is 4.06.